The minimum Gasteiger partial charge on any atom is -0.264 e. The molecule has 0 bridgehead atoms. The third-order valence-electron chi connectivity index (χ3n) is 10.5. The molecule has 0 spiro atoms. The predicted octanol–water partition coefficient (Wildman–Crippen LogP) is 12.3. The zero-order valence-electron chi connectivity index (χ0n) is 24.9. The van der Waals surface area contributed by atoms with E-state index in [0.29, 0.717) is 0 Å². The quantitative estimate of drug-likeness (QED) is 0.186. The molecule has 0 atom stereocenters. The Labute approximate surface area is 266 Å². The minimum atomic E-state index is 1.18. The molecule has 0 aliphatic heterocycles. The van der Waals surface area contributed by atoms with Crippen molar-refractivity contribution in [1.29, 1.82) is 0 Å². The zero-order valence-corrected chi connectivity index (χ0v) is 24.9. The summed E-state index contributed by atoms with van der Waals surface area (Å²) in [4.78, 5) is 4.73. The van der Waals surface area contributed by atoms with E-state index in [2.05, 4.69) is 146 Å². The van der Waals surface area contributed by atoms with E-state index in [4.69, 9.17) is 4.98 Å². The molecule has 0 saturated carbocycles. The van der Waals surface area contributed by atoms with Crippen LogP contribution < -0.4 is 0 Å². The maximum Gasteiger partial charge on any atom is 0.0353 e. The van der Waals surface area contributed by atoms with Crippen molar-refractivity contribution in [2.45, 2.75) is 0 Å². The highest BCUT2D eigenvalue weighted by Gasteiger charge is 2.26. The summed E-state index contributed by atoms with van der Waals surface area (Å²) in [6.45, 7) is 0. The second kappa shape index (κ2) is 8.78. The average Bonchev–Trinajstić information content (AvgIpc) is 3.63. The molecular formula is C45H25N. The number of hydrogen-bond acceptors (Lipinski definition) is 1. The molecule has 0 fully saturated rings. The summed E-state index contributed by atoms with van der Waals surface area (Å²) >= 11 is 0. The van der Waals surface area contributed by atoms with Crippen LogP contribution in [0.15, 0.2) is 152 Å². The van der Waals surface area contributed by atoms with Crippen molar-refractivity contribution in [1.82, 2.24) is 4.98 Å². The van der Waals surface area contributed by atoms with Crippen molar-refractivity contribution in [3.05, 3.63) is 152 Å². The molecule has 1 heteroatoms. The number of nitrogens with zero attached hydrogens (tertiary/aromatic N) is 1. The van der Waals surface area contributed by atoms with Crippen molar-refractivity contribution in [3.63, 3.8) is 0 Å². The van der Waals surface area contributed by atoms with Gasteiger partial charge in [-0.25, -0.2) is 0 Å². The van der Waals surface area contributed by atoms with Gasteiger partial charge in [-0.2, -0.15) is 0 Å². The van der Waals surface area contributed by atoms with Crippen LogP contribution >= 0.6 is 0 Å². The van der Waals surface area contributed by atoms with E-state index >= 15 is 0 Å². The van der Waals surface area contributed by atoms with Crippen molar-refractivity contribution in [2.24, 2.45) is 0 Å². The van der Waals surface area contributed by atoms with Crippen LogP contribution in [-0.4, -0.2) is 4.98 Å². The van der Waals surface area contributed by atoms with Crippen LogP contribution in [0.4, 0.5) is 0 Å². The molecule has 1 nitrogen and oxygen atoms in total. The van der Waals surface area contributed by atoms with Crippen molar-refractivity contribution < 1.29 is 0 Å². The first-order valence-electron chi connectivity index (χ1n) is 16.0. The van der Waals surface area contributed by atoms with Gasteiger partial charge in [-0.15, -0.1) is 0 Å². The lowest BCUT2D eigenvalue weighted by atomic mass is 9.83. The second-order valence-electron chi connectivity index (χ2n) is 12.6. The summed E-state index contributed by atoms with van der Waals surface area (Å²) in [7, 11) is 0. The SMILES string of the molecule is c1ccc2c(c1)-c1cccc3c(-c4c5ccccc5c(-c5ccc6c7c(cccc57)-c5ccccc5-6)c5cnccc45)ccc-2c13. The van der Waals surface area contributed by atoms with E-state index in [1.54, 1.807) is 0 Å². The van der Waals surface area contributed by atoms with Crippen LogP contribution in [0.1, 0.15) is 0 Å². The zero-order chi connectivity index (χ0) is 29.9. The average molecular weight is 580 g/mol. The maximum absolute atomic E-state index is 4.73. The molecule has 0 saturated heterocycles. The number of pyridine rings is 1. The Bertz CT molecular complexity index is 2490. The Balaban J connectivity index is 1.26. The molecular weight excluding hydrogens is 555 g/mol. The third-order valence-corrected chi connectivity index (χ3v) is 10.5. The largest absolute Gasteiger partial charge is 0.264 e. The number of benzene rings is 8. The van der Waals surface area contributed by atoms with Crippen molar-refractivity contribution in [3.8, 4) is 66.8 Å². The van der Waals surface area contributed by atoms with E-state index in [0.717, 1.165) is 0 Å². The smallest absolute Gasteiger partial charge is 0.0353 e. The minimum absolute atomic E-state index is 1.18. The van der Waals surface area contributed by atoms with Gasteiger partial charge in [0.05, 0.1) is 0 Å². The normalized spacial score (nSPS) is 12.3. The molecule has 11 rings (SSSR count). The number of rotatable bonds is 2. The topological polar surface area (TPSA) is 12.9 Å². The lowest BCUT2D eigenvalue weighted by molar-refractivity contribution is 1.37. The predicted molar refractivity (Wildman–Crippen MR) is 194 cm³/mol. The summed E-state index contributed by atoms with van der Waals surface area (Å²) < 4.78 is 0. The molecule has 2 aliphatic carbocycles. The first-order valence-corrected chi connectivity index (χ1v) is 16.0. The summed E-state index contributed by atoms with van der Waals surface area (Å²) in [6, 6.07) is 51.8. The Morgan fingerprint density at radius 1 is 0.261 bits per heavy atom. The van der Waals surface area contributed by atoms with E-state index in [9.17, 15) is 0 Å². The van der Waals surface area contributed by atoms with Gasteiger partial charge in [-0.05, 0) is 111 Å². The molecule has 1 heterocycles. The number of hydrogen-bond donors (Lipinski definition) is 0. The Morgan fingerprint density at radius 2 is 0.630 bits per heavy atom. The van der Waals surface area contributed by atoms with E-state index < -0.39 is 0 Å². The summed E-state index contributed by atoms with van der Waals surface area (Å²) in [5, 5.41) is 10.2. The molecule has 210 valence electrons. The number of aromatic nitrogens is 1. The lowest BCUT2D eigenvalue weighted by Crippen LogP contribution is -1.93. The fourth-order valence-corrected chi connectivity index (χ4v) is 8.65. The van der Waals surface area contributed by atoms with Crippen molar-refractivity contribution in [2.75, 3.05) is 0 Å². The standard InChI is InChI=1S/C45H25N/c1-3-11-28-26(9-1)30-15-7-17-34-38(21-19-36(28)42(30)34)44-32-13-5-6-14-33(32)45(41-25-46-24-23-40(41)44)39-22-20-37-29-12-4-2-10-27(29)31-16-8-18-35(39)43(31)37/h1-25H. The Hall–Kier alpha value is -6.05. The van der Waals surface area contributed by atoms with Gasteiger partial charge < -0.3 is 0 Å². The van der Waals surface area contributed by atoms with Crippen LogP contribution in [-0.2, 0) is 0 Å². The van der Waals surface area contributed by atoms with Gasteiger partial charge in [0, 0.05) is 17.8 Å². The Morgan fingerprint density at radius 3 is 1.15 bits per heavy atom. The van der Waals surface area contributed by atoms with Crippen LogP contribution in [0.2, 0.25) is 0 Å². The van der Waals surface area contributed by atoms with Crippen LogP contribution in [0, 0.1) is 0 Å². The van der Waals surface area contributed by atoms with Crippen LogP contribution in [0.25, 0.3) is 110 Å². The highest BCUT2D eigenvalue weighted by Crippen LogP contribution is 2.54. The molecule has 0 N–H and O–H groups in total. The molecule has 46 heavy (non-hydrogen) atoms. The van der Waals surface area contributed by atoms with Gasteiger partial charge in [-0.1, -0.05) is 133 Å². The van der Waals surface area contributed by atoms with Gasteiger partial charge in [-0.3, -0.25) is 4.98 Å². The number of fused-ring (bicyclic) bond motifs is 8. The Kier molecular flexibility index (Phi) is 4.63. The monoisotopic (exact) mass is 579 g/mol. The fourth-order valence-electron chi connectivity index (χ4n) is 8.65. The maximum atomic E-state index is 4.73. The van der Waals surface area contributed by atoms with Crippen LogP contribution in [0.5, 0.6) is 0 Å². The van der Waals surface area contributed by atoms with E-state index in [1.807, 2.05) is 6.20 Å². The first-order chi connectivity index (χ1) is 22.9. The molecule has 0 amide bonds. The highest BCUT2D eigenvalue weighted by molar-refractivity contribution is 6.28. The molecule has 9 aromatic rings. The first kappa shape index (κ1) is 24.3. The molecule has 1 aromatic heterocycles. The molecule has 0 radical (unpaired) electrons. The highest BCUT2D eigenvalue weighted by atomic mass is 14.6. The molecule has 8 aromatic carbocycles. The lowest BCUT2D eigenvalue weighted by Gasteiger charge is -2.20. The van der Waals surface area contributed by atoms with Gasteiger partial charge in [0.2, 0.25) is 0 Å². The summed E-state index contributed by atoms with van der Waals surface area (Å²) in [5.74, 6) is 0. The van der Waals surface area contributed by atoms with Crippen molar-refractivity contribution >= 4 is 43.1 Å². The summed E-state index contributed by atoms with van der Waals surface area (Å²) in [5.41, 5.74) is 15.6. The van der Waals surface area contributed by atoms with E-state index in [-0.39, 0.29) is 0 Å². The summed E-state index contributed by atoms with van der Waals surface area (Å²) in [6.07, 6.45) is 4.03. The molecule has 2 aliphatic rings. The van der Waals surface area contributed by atoms with Gasteiger partial charge in [0.15, 0.2) is 0 Å². The van der Waals surface area contributed by atoms with Gasteiger partial charge in [0.1, 0.15) is 0 Å². The van der Waals surface area contributed by atoms with E-state index in [1.165, 1.54) is 110 Å². The third kappa shape index (κ3) is 2.98. The fraction of sp³-hybridized carbons (Fsp3) is 0. The second-order valence-corrected chi connectivity index (χ2v) is 12.6. The van der Waals surface area contributed by atoms with Gasteiger partial charge >= 0.3 is 0 Å². The van der Waals surface area contributed by atoms with Crippen LogP contribution in [0.3, 0.4) is 0 Å². The molecule has 0 unspecified atom stereocenters. The van der Waals surface area contributed by atoms with Gasteiger partial charge in [0.25, 0.3) is 0 Å².